The molecule has 2 aromatic heterocycles. The van der Waals surface area contributed by atoms with Crippen LogP contribution in [0, 0.1) is 0 Å². The van der Waals surface area contributed by atoms with E-state index in [1.165, 1.54) is 0 Å². The molecule has 0 atom stereocenters. The molecule has 40 heavy (non-hydrogen) atoms. The number of carboxylic acids is 1. The molecule has 1 aliphatic heterocycles. The van der Waals surface area contributed by atoms with Gasteiger partial charge in [0.1, 0.15) is 11.5 Å². The van der Waals surface area contributed by atoms with Crippen LogP contribution in [0.3, 0.4) is 0 Å². The Morgan fingerprint density at radius 3 is 2.55 bits per heavy atom. The lowest BCUT2D eigenvalue weighted by atomic mass is 9.94. The average Bonchev–Trinajstić information content (AvgIpc) is 3.44. The van der Waals surface area contributed by atoms with Crippen LogP contribution in [0.1, 0.15) is 27.0 Å². The molecule has 0 saturated carbocycles. The van der Waals surface area contributed by atoms with Crippen LogP contribution in [0.5, 0.6) is 0 Å². The summed E-state index contributed by atoms with van der Waals surface area (Å²) in [5.74, 6) is -0.114. The highest BCUT2D eigenvalue weighted by atomic mass is 16.5. The van der Waals surface area contributed by atoms with E-state index in [4.69, 9.17) is 4.74 Å². The third-order valence-corrected chi connectivity index (χ3v) is 7.45. The second kappa shape index (κ2) is 10.8. The van der Waals surface area contributed by atoms with Gasteiger partial charge in [-0.25, -0.2) is 9.48 Å². The molecule has 1 fully saturated rings. The highest BCUT2D eigenvalue weighted by Gasteiger charge is 2.20. The quantitative estimate of drug-likeness (QED) is 0.336. The zero-order chi connectivity index (χ0) is 27.6. The van der Waals surface area contributed by atoms with E-state index in [-0.39, 0.29) is 11.0 Å². The zero-order valence-corrected chi connectivity index (χ0v) is 22.2. The van der Waals surface area contributed by atoms with Crippen LogP contribution < -0.4 is 10.3 Å². The average molecular weight is 536 g/mol. The second-order valence-electron chi connectivity index (χ2n) is 9.94. The molecule has 1 N–H and O–H groups in total. The minimum atomic E-state index is -0.959. The molecule has 1 saturated heterocycles. The molecule has 0 radical (unpaired) electrons. The predicted octanol–water partition coefficient (Wildman–Crippen LogP) is 3.97. The Morgan fingerprint density at radius 1 is 1.00 bits per heavy atom. The highest BCUT2D eigenvalue weighted by molar-refractivity contribution is 5.94. The first-order chi connectivity index (χ1) is 19.5. The molecule has 0 amide bonds. The normalized spacial score (nSPS) is 13.6. The largest absolute Gasteiger partial charge is 0.478 e. The van der Waals surface area contributed by atoms with E-state index in [2.05, 4.69) is 15.2 Å². The van der Waals surface area contributed by atoms with Crippen LogP contribution in [-0.4, -0.2) is 56.9 Å². The molecule has 0 spiro atoms. The highest BCUT2D eigenvalue weighted by Crippen LogP contribution is 2.29. The van der Waals surface area contributed by atoms with Crippen molar-refractivity contribution in [1.82, 2.24) is 19.6 Å². The molecule has 9 nitrogen and oxygen atoms in total. The van der Waals surface area contributed by atoms with E-state index in [1.807, 2.05) is 72.4 Å². The fraction of sp³-hybridized carbons (Fsp3) is 0.226. The number of rotatable bonds is 7. The number of aryl methyl sites for hydroxylation is 1. The SMILES string of the molecule is Cn1c(N2CCOCC2)cc(=O)c2cccc(-c3cn(Cc4cccc(C(=O)O)c4Cc4ccccc4)nn3)c21. The molecule has 1 aliphatic rings. The Balaban J connectivity index is 1.38. The number of nitrogens with zero attached hydrogens (tertiary/aromatic N) is 5. The van der Waals surface area contributed by atoms with Crippen molar-refractivity contribution in [3.63, 3.8) is 0 Å². The predicted molar refractivity (Wildman–Crippen MR) is 153 cm³/mol. The number of hydrogen-bond donors (Lipinski definition) is 1. The van der Waals surface area contributed by atoms with Gasteiger partial charge in [-0.15, -0.1) is 5.10 Å². The number of aromatic nitrogens is 4. The summed E-state index contributed by atoms with van der Waals surface area (Å²) in [5, 5.41) is 19.3. The first kappa shape index (κ1) is 25.5. The van der Waals surface area contributed by atoms with Gasteiger partial charge in [0.25, 0.3) is 0 Å². The van der Waals surface area contributed by atoms with Crippen molar-refractivity contribution in [2.24, 2.45) is 7.05 Å². The topological polar surface area (TPSA) is 102 Å². The van der Waals surface area contributed by atoms with Gasteiger partial charge in [0.2, 0.25) is 0 Å². The molecule has 0 bridgehead atoms. The minimum absolute atomic E-state index is 0.0418. The fourth-order valence-corrected chi connectivity index (χ4v) is 5.48. The Labute approximate surface area is 230 Å². The van der Waals surface area contributed by atoms with Gasteiger partial charge in [-0.3, -0.25) is 4.79 Å². The molecule has 0 unspecified atom stereocenters. The summed E-state index contributed by atoms with van der Waals surface area (Å²) in [7, 11) is 1.97. The Hall–Kier alpha value is -4.76. The number of fused-ring (bicyclic) bond motifs is 1. The molecule has 0 aliphatic carbocycles. The first-order valence-corrected chi connectivity index (χ1v) is 13.2. The number of benzene rings is 3. The van der Waals surface area contributed by atoms with Gasteiger partial charge in [0.15, 0.2) is 5.43 Å². The van der Waals surface area contributed by atoms with Crippen LogP contribution in [0.2, 0.25) is 0 Å². The number of para-hydroxylation sites is 1. The standard InChI is InChI=1S/C31H29N5O4/c1-34-29(35-13-15-40-16-14-35)18-28(37)25-12-6-11-24(30(25)34)27-20-36(33-32-27)19-22-9-5-10-23(31(38)39)26(22)17-21-7-3-2-4-8-21/h2-12,18,20H,13-17,19H2,1H3,(H,38,39). The van der Waals surface area contributed by atoms with E-state index in [1.54, 1.807) is 22.9 Å². The summed E-state index contributed by atoms with van der Waals surface area (Å²) >= 11 is 0. The number of pyridine rings is 1. The summed E-state index contributed by atoms with van der Waals surface area (Å²) in [4.78, 5) is 27.4. The molecule has 9 heteroatoms. The maximum atomic E-state index is 13.1. The van der Waals surface area contributed by atoms with Gasteiger partial charge >= 0.3 is 5.97 Å². The number of morpholine rings is 1. The summed E-state index contributed by atoms with van der Waals surface area (Å²) in [6.07, 6.45) is 2.34. The number of carboxylic acid groups (broad SMARTS) is 1. The summed E-state index contributed by atoms with van der Waals surface area (Å²) < 4.78 is 9.26. The van der Waals surface area contributed by atoms with E-state index in [9.17, 15) is 14.7 Å². The maximum absolute atomic E-state index is 13.1. The monoisotopic (exact) mass is 535 g/mol. The Bertz CT molecular complexity index is 1750. The van der Waals surface area contributed by atoms with Crippen molar-refractivity contribution in [1.29, 1.82) is 0 Å². The Morgan fingerprint density at radius 2 is 1.77 bits per heavy atom. The van der Waals surface area contributed by atoms with Crippen molar-refractivity contribution in [3.05, 3.63) is 111 Å². The van der Waals surface area contributed by atoms with E-state index in [0.717, 1.165) is 46.7 Å². The zero-order valence-electron chi connectivity index (χ0n) is 22.2. The van der Waals surface area contributed by atoms with Gasteiger partial charge in [0, 0.05) is 37.2 Å². The molecule has 5 aromatic rings. The van der Waals surface area contributed by atoms with Crippen LogP contribution in [0.15, 0.2) is 83.8 Å². The van der Waals surface area contributed by atoms with Crippen molar-refractivity contribution < 1.29 is 14.6 Å². The van der Waals surface area contributed by atoms with Gasteiger partial charge in [-0.1, -0.05) is 59.8 Å². The smallest absolute Gasteiger partial charge is 0.335 e. The van der Waals surface area contributed by atoms with Gasteiger partial charge in [0.05, 0.1) is 37.0 Å². The van der Waals surface area contributed by atoms with E-state index >= 15 is 0 Å². The van der Waals surface area contributed by atoms with Gasteiger partial charge in [-0.05, 0) is 35.2 Å². The minimum Gasteiger partial charge on any atom is -0.478 e. The van der Waals surface area contributed by atoms with Crippen LogP contribution in [-0.2, 0) is 24.8 Å². The molecule has 6 rings (SSSR count). The summed E-state index contributed by atoms with van der Waals surface area (Å²) in [6.45, 7) is 3.05. The van der Waals surface area contributed by atoms with Crippen LogP contribution in [0.4, 0.5) is 5.82 Å². The second-order valence-corrected chi connectivity index (χ2v) is 9.94. The van der Waals surface area contributed by atoms with E-state index in [0.29, 0.717) is 37.3 Å². The van der Waals surface area contributed by atoms with Crippen LogP contribution in [0.25, 0.3) is 22.2 Å². The van der Waals surface area contributed by atoms with Crippen molar-refractivity contribution >= 4 is 22.7 Å². The summed E-state index contributed by atoms with van der Waals surface area (Å²) in [5.41, 5.74) is 5.12. The number of aromatic carboxylic acids is 1. The lowest BCUT2D eigenvalue weighted by molar-refractivity contribution is 0.0695. The van der Waals surface area contributed by atoms with Crippen LogP contribution >= 0.6 is 0 Å². The third-order valence-electron chi connectivity index (χ3n) is 7.45. The first-order valence-electron chi connectivity index (χ1n) is 13.2. The van der Waals surface area contributed by atoms with Gasteiger partial charge in [-0.2, -0.15) is 0 Å². The number of carbonyl (C=O) groups is 1. The lowest BCUT2D eigenvalue weighted by Crippen LogP contribution is -2.38. The van der Waals surface area contributed by atoms with Crippen molar-refractivity contribution in [2.75, 3.05) is 31.2 Å². The van der Waals surface area contributed by atoms with Gasteiger partial charge < -0.3 is 19.3 Å². The number of anilines is 1. The fourth-order valence-electron chi connectivity index (χ4n) is 5.48. The molecular weight excluding hydrogens is 506 g/mol. The lowest BCUT2D eigenvalue weighted by Gasteiger charge is -2.31. The summed E-state index contributed by atoms with van der Waals surface area (Å²) in [6, 6.07) is 22.5. The number of hydrogen-bond acceptors (Lipinski definition) is 6. The molecule has 3 heterocycles. The molecular formula is C31H29N5O4. The van der Waals surface area contributed by atoms with Crippen molar-refractivity contribution in [2.45, 2.75) is 13.0 Å². The molecule has 202 valence electrons. The van der Waals surface area contributed by atoms with E-state index < -0.39 is 5.97 Å². The number of ether oxygens (including phenoxy) is 1. The maximum Gasteiger partial charge on any atom is 0.335 e. The molecule has 3 aromatic carbocycles. The third kappa shape index (κ3) is 4.87. The Kier molecular flexibility index (Phi) is 6.88. The van der Waals surface area contributed by atoms with Crippen molar-refractivity contribution in [3.8, 4) is 11.3 Å².